The predicted molar refractivity (Wildman–Crippen MR) is 33.2 cm³/mol. The summed E-state index contributed by atoms with van der Waals surface area (Å²) in [6.45, 7) is 0. The van der Waals surface area contributed by atoms with E-state index >= 15 is 0 Å². The molecule has 0 bridgehead atoms. The molecule has 0 aliphatic carbocycles. The van der Waals surface area contributed by atoms with Gasteiger partial charge in [0, 0.05) is 0 Å². The first-order chi connectivity index (χ1) is 3.93. The van der Waals surface area contributed by atoms with Gasteiger partial charge in [-0.1, -0.05) is 37.3 Å². The molecule has 0 fully saturated rings. The molecule has 1 aromatic rings. The monoisotopic (exact) mass is 192 g/mol. The molecule has 0 N–H and O–H groups in total. The van der Waals surface area contributed by atoms with E-state index in [1.54, 1.807) is 13.2 Å². The summed E-state index contributed by atoms with van der Waals surface area (Å²) in [5.74, 6) is 0.785. The second-order valence-electron chi connectivity index (χ2n) is 1.41. The van der Waals surface area contributed by atoms with Gasteiger partial charge in [-0.25, -0.2) is 0 Å². The van der Waals surface area contributed by atoms with Gasteiger partial charge < -0.3 is 10.3 Å². The quantitative estimate of drug-likeness (QED) is 0.545. The number of aromatic nitrogens is 1. The second-order valence-corrected chi connectivity index (χ2v) is 1.41. The van der Waals surface area contributed by atoms with Crippen LogP contribution in [-0.4, -0.2) is 12.0 Å². The Morgan fingerprint density at radius 2 is 2.22 bits per heavy atom. The van der Waals surface area contributed by atoms with Gasteiger partial charge in [-0.3, -0.25) is 0 Å². The molecule has 1 heterocycles. The van der Waals surface area contributed by atoms with Crippen LogP contribution in [0.3, 0.4) is 0 Å². The molecule has 2 nitrogen and oxygen atoms in total. The summed E-state index contributed by atoms with van der Waals surface area (Å²) in [4.78, 5) is 3.93. The van der Waals surface area contributed by atoms with Crippen molar-refractivity contribution in [3.63, 3.8) is 0 Å². The van der Waals surface area contributed by atoms with Crippen molar-refractivity contribution in [1.82, 2.24) is 4.98 Å². The van der Waals surface area contributed by atoms with E-state index in [9.17, 15) is 0 Å². The van der Waals surface area contributed by atoms with Gasteiger partial charge in [0.25, 0.3) is 0 Å². The van der Waals surface area contributed by atoms with Crippen molar-refractivity contribution in [3.05, 3.63) is 29.7 Å². The Kier molecular flexibility index (Phi) is 6.00. The van der Waals surface area contributed by atoms with Gasteiger partial charge in [-0.15, -0.1) is 0 Å². The Morgan fingerprint density at radius 1 is 1.44 bits per heavy atom. The average Bonchev–Trinajstić information content (AvgIpc) is 1.90. The van der Waals surface area contributed by atoms with Crippen molar-refractivity contribution in [2.24, 2.45) is 0 Å². The van der Waals surface area contributed by atoms with Crippen LogP contribution >= 0.6 is 0 Å². The Hall–Kier alpha value is 0.755. The molecule has 9 heavy (non-hydrogen) atoms. The molecule has 0 aliphatic heterocycles. The van der Waals surface area contributed by atoms with Crippen LogP contribution in [0.1, 0.15) is 0 Å². The maximum atomic E-state index is 3.93. The molecular formula is C6H7N2Rb. The van der Waals surface area contributed by atoms with E-state index in [-0.39, 0.29) is 58.2 Å². The first-order valence-electron chi connectivity index (χ1n) is 2.44. The summed E-state index contributed by atoms with van der Waals surface area (Å²) in [5, 5.41) is 3.86. The number of rotatable bonds is 1. The van der Waals surface area contributed by atoms with Crippen molar-refractivity contribution in [2.45, 2.75) is 0 Å². The van der Waals surface area contributed by atoms with Crippen molar-refractivity contribution in [3.8, 4) is 0 Å². The zero-order valence-electron chi connectivity index (χ0n) is 5.70. The van der Waals surface area contributed by atoms with E-state index in [4.69, 9.17) is 0 Å². The molecule has 0 saturated carbocycles. The molecule has 42 valence electrons. The summed E-state index contributed by atoms with van der Waals surface area (Å²) in [5.41, 5.74) is 0. The van der Waals surface area contributed by atoms with Gasteiger partial charge in [-0.05, 0) is 0 Å². The number of nitrogens with zero attached hydrogens (tertiary/aromatic N) is 2. The third-order valence-corrected chi connectivity index (χ3v) is 0.878. The standard InChI is InChI=1S/C6H7N2.Rb/c1-7-6-4-2-3-5-8-6;/h2-5H,1H3;/q-1;+1. The van der Waals surface area contributed by atoms with Crippen LogP contribution in [0.5, 0.6) is 0 Å². The Balaban J connectivity index is 0.000000640. The van der Waals surface area contributed by atoms with E-state index in [0.29, 0.717) is 0 Å². The van der Waals surface area contributed by atoms with Gasteiger partial charge in [0.2, 0.25) is 0 Å². The van der Waals surface area contributed by atoms with Gasteiger partial charge in [-0.2, -0.15) is 0 Å². The van der Waals surface area contributed by atoms with Crippen LogP contribution in [0.25, 0.3) is 5.32 Å². The zero-order chi connectivity index (χ0) is 5.82. The molecule has 1 aromatic heterocycles. The van der Waals surface area contributed by atoms with Crippen LogP contribution < -0.4 is 58.2 Å². The molecule has 0 amide bonds. The predicted octanol–water partition coefficient (Wildman–Crippen LogP) is -1.28. The number of hydrogen-bond acceptors (Lipinski definition) is 1. The normalized spacial score (nSPS) is 7.67. The Bertz CT molecular complexity index is 152. The van der Waals surface area contributed by atoms with Crippen LogP contribution in [0.15, 0.2) is 24.4 Å². The van der Waals surface area contributed by atoms with Crippen molar-refractivity contribution < 1.29 is 58.2 Å². The van der Waals surface area contributed by atoms with E-state index in [1.807, 2.05) is 18.2 Å². The van der Waals surface area contributed by atoms with Gasteiger partial charge >= 0.3 is 58.2 Å². The number of pyridine rings is 1. The topological polar surface area (TPSA) is 27.0 Å². The smallest absolute Gasteiger partial charge is 0.469 e. The minimum Gasteiger partial charge on any atom is -0.469 e. The molecule has 3 heteroatoms. The molecule has 0 aromatic carbocycles. The van der Waals surface area contributed by atoms with Crippen LogP contribution in [0.4, 0.5) is 5.82 Å². The molecule has 0 saturated heterocycles. The summed E-state index contributed by atoms with van der Waals surface area (Å²) >= 11 is 0. The Labute approximate surface area is 104 Å². The molecule has 1 rings (SSSR count). The molecular weight excluding hydrogens is 186 g/mol. The summed E-state index contributed by atoms with van der Waals surface area (Å²) in [6.07, 6.45) is 1.72. The first-order valence-corrected chi connectivity index (χ1v) is 2.44. The van der Waals surface area contributed by atoms with Gasteiger partial charge in [0.05, 0.1) is 0 Å². The van der Waals surface area contributed by atoms with E-state index in [2.05, 4.69) is 10.3 Å². The summed E-state index contributed by atoms with van der Waals surface area (Å²) < 4.78 is 0. The molecule has 0 radical (unpaired) electrons. The summed E-state index contributed by atoms with van der Waals surface area (Å²) in [7, 11) is 1.72. The Morgan fingerprint density at radius 3 is 2.56 bits per heavy atom. The average molecular weight is 193 g/mol. The van der Waals surface area contributed by atoms with Crippen LogP contribution in [0.2, 0.25) is 0 Å². The van der Waals surface area contributed by atoms with Crippen molar-refractivity contribution in [2.75, 3.05) is 7.05 Å². The minimum absolute atomic E-state index is 0. The third-order valence-electron chi connectivity index (χ3n) is 0.878. The fraction of sp³-hybridized carbons (Fsp3) is 0.167. The SMILES string of the molecule is C[N-]c1ccccn1.[Rb+]. The largest absolute Gasteiger partial charge is 1.00 e. The molecule has 0 unspecified atom stereocenters. The van der Waals surface area contributed by atoms with Crippen LogP contribution in [-0.2, 0) is 0 Å². The van der Waals surface area contributed by atoms with Crippen molar-refractivity contribution >= 4 is 5.82 Å². The molecule has 0 atom stereocenters. The zero-order valence-corrected chi connectivity index (χ0v) is 10.6. The number of hydrogen-bond donors (Lipinski definition) is 0. The first kappa shape index (κ1) is 9.76. The molecule has 0 spiro atoms. The molecule has 0 aliphatic rings. The van der Waals surface area contributed by atoms with Gasteiger partial charge in [0.1, 0.15) is 0 Å². The fourth-order valence-corrected chi connectivity index (χ4v) is 0.486. The second kappa shape index (κ2) is 5.53. The minimum atomic E-state index is 0. The van der Waals surface area contributed by atoms with E-state index in [0.717, 1.165) is 5.82 Å². The van der Waals surface area contributed by atoms with Crippen molar-refractivity contribution in [1.29, 1.82) is 0 Å². The van der Waals surface area contributed by atoms with Crippen LogP contribution in [0, 0.1) is 0 Å². The summed E-state index contributed by atoms with van der Waals surface area (Å²) in [6, 6.07) is 5.64. The maximum Gasteiger partial charge on any atom is 1.00 e. The maximum absolute atomic E-state index is 3.93. The fourth-order valence-electron chi connectivity index (χ4n) is 0.486. The third kappa shape index (κ3) is 3.45. The van der Waals surface area contributed by atoms with E-state index in [1.165, 1.54) is 0 Å². The van der Waals surface area contributed by atoms with Gasteiger partial charge in [0.15, 0.2) is 0 Å². The van der Waals surface area contributed by atoms with E-state index < -0.39 is 0 Å².